The van der Waals surface area contributed by atoms with Gasteiger partial charge in [0.1, 0.15) is 11.7 Å². The smallest absolute Gasteiger partial charge is 0.410 e. The summed E-state index contributed by atoms with van der Waals surface area (Å²) in [5.74, 6) is 1.57. The highest BCUT2D eigenvalue weighted by atomic mass is 16.6. The Morgan fingerprint density at radius 3 is 2.35 bits per heavy atom. The fourth-order valence-electron chi connectivity index (χ4n) is 3.44. The molecule has 1 saturated heterocycles. The van der Waals surface area contributed by atoms with Crippen molar-refractivity contribution in [2.75, 3.05) is 13.1 Å². The second-order valence-electron chi connectivity index (χ2n) is 7.63. The number of aryl methyl sites for hydroxylation is 1. The van der Waals surface area contributed by atoms with Gasteiger partial charge in [-0.3, -0.25) is 0 Å². The third kappa shape index (κ3) is 3.92. The van der Waals surface area contributed by atoms with Crippen LogP contribution in [0.25, 0.3) is 0 Å². The van der Waals surface area contributed by atoms with Crippen LogP contribution in [0.3, 0.4) is 0 Å². The average molecular weight is 319 g/mol. The molecule has 2 aliphatic rings. The zero-order valence-electron chi connectivity index (χ0n) is 14.3. The number of amides is 1. The topological polar surface area (TPSA) is 64.5 Å². The maximum Gasteiger partial charge on any atom is 0.410 e. The Balaban J connectivity index is 1.51. The van der Waals surface area contributed by atoms with Gasteiger partial charge in [-0.25, -0.2) is 4.79 Å². The molecule has 0 N–H and O–H groups in total. The fraction of sp³-hybridized carbons (Fsp3) is 0.706. The van der Waals surface area contributed by atoms with Crippen LogP contribution in [-0.4, -0.2) is 46.0 Å². The number of likely N-dealkylation sites (tertiary alicyclic amines) is 1. The molecule has 126 valence electrons. The highest BCUT2D eigenvalue weighted by molar-refractivity contribution is 5.68. The van der Waals surface area contributed by atoms with Gasteiger partial charge in [0.2, 0.25) is 5.88 Å². The van der Waals surface area contributed by atoms with E-state index >= 15 is 0 Å². The Kier molecular flexibility index (Phi) is 4.17. The highest BCUT2D eigenvalue weighted by Gasteiger charge is 2.44. The predicted molar refractivity (Wildman–Crippen MR) is 85.2 cm³/mol. The van der Waals surface area contributed by atoms with E-state index in [1.807, 2.05) is 44.7 Å². The third-order valence-corrected chi connectivity index (χ3v) is 4.42. The molecule has 0 radical (unpaired) electrons. The van der Waals surface area contributed by atoms with Crippen LogP contribution >= 0.6 is 0 Å². The van der Waals surface area contributed by atoms with E-state index in [0.717, 1.165) is 31.6 Å². The molecule has 2 heterocycles. The summed E-state index contributed by atoms with van der Waals surface area (Å²) in [6.07, 6.45) is 1.88. The molecule has 0 aromatic carbocycles. The summed E-state index contributed by atoms with van der Waals surface area (Å²) in [7, 11) is 0. The van der Waals surface area contributed by atoms with Gasteiger partial charge in [-0.15, -0.1) is 5.10 Å². The minimum absolute atomic E-state index is 0.169. The first kappa shape index (κ1) is 16.0. The normalized spacial score (nSPS) is 27.0. The first-order chi connectivity index (χ1) is 10.8. The van der Waals surface area contributed by atoms with Gasteiger partial charge < -0.3 is 14.4 Å². The highest BCUT2D eigenvalue weighted by Crippen LogP contribution is 2.39. The SMILES string of the molecule is Cc1ccc(OC2CC3CN(C(=O)OC(C)(C)C)C[C@H]3C2)nn1. The molecule has 3 atom stereocenters. The van der Waals surface area contributed by atoms with E-state index in [1.54, 1.807) is 0 Å². The van der Waals surface area contributed by atoms with Crippen LogP contribution in [0.15, 0.2) is 12.1 Å². The molecule has 6 heteroatoms. The molecular weight excluding hydrogens is 294 g/mol. The van der Waals surface area contributed by atoms with E-state index in [9.17, 15) is 4.79 Å². The molecule has 0 bridgehead atoms. The van der Waals surface area contributed by atoms with E-state index < -0.39 is 5.60 Å². The molecule has 6 nitrogen and oxygen atoms in total. The Hall–Kier alpha value is -1.85. The largest absolute Gasteiger partial charge is 0.473 e. The molecule has 3 rings (SSSR count). The Bertz CT molecular complexity index is 553. The molecule has 1 amide bonds. The van der Waals surface area contributed by atoms with Gasteiger partial charge in [-0.1, -0.05) is 0 Å². The van der Waals surface area contributed by atoms with Crippen molar-refractivity contribution in [1.29, 1.82) is 0 Å². The number of rotatable bonds is 2. The van der Waals surface area contributed by atoms with Gasteiger partial charge in [-0.2, -0.15) is 5.10 Å². The molecule has 1 saturated carbocycles. The lowest BCUT2D eigenvalue weighted by Crippen LogP contribution is -2.36. The fourth-order valence-corrected chi connectivity index (χ4v) is 3.44. The van der Waals surface area contributed by atoms with Crippen molar-refractivity contribution < 1.29 is 14.3 Å². The summed E-state index contributed by atoms with van der Waals surface area (Å²) in [6, 6.07) is 3.77. The summed E-state index contributed by atoms with van der Waals surface area (Å²) in [5, 5.41) is 8.08. The summed E-state index contributed by atoms with van der Waals surface area (Å²) < 4.78 is 11.4. The average Bonchev–Trinajstić information content (AvgIpc) is 2.97. The van der Waals surface area contributed by atoms with Crippen molar-refractivity contribution in [2.45, 2.75) is 52.2 Å². The minimum Gasteiger partial charge on any atom is -0.473 e. The third-order valence-electron chi connectivity index (χ3n) is 4.42. The number of carbonyl (C=O) groups is 1. The van der Waals surface area contributed by atoms with Crippen molar-refractivity contribution in [3.05, 3.63) is 17.8 Å². The maximum absolute atomic E-state index is 12.2. The number of hydrogen-bond acceptors (Lipinski definition) is 5. The lowest BCUT2D eigenvalue weighted by atomic mass is 10.0. The standard InChI is InChI=1S/C17H25N3O3/c1-11-5-6-15(19-18-11)22-14-7-12-9-20(10-13(12)8-14)16(21)23-17(2,3)4/h5-6,12-14H,7-10H2,1-4H3/t12-,13?,14?/m1/s1. The number of ether oxygens (including phenoxy) is 2. The first-order valence-corrected chi connectivity index (χ1v) is 8.25. The molecule has 0 spiro atoms. The van der Waals surface area contributed by atoms with Crippen LogP contribution in [0.2, 0.25) is 0 Å². The van der Waals surface area contributed by atoms with Crippen molar-refractivity contribution in [3.63, 3.8) is 0 Å². The Morgan fingerprint density at radius 2 is 1.83 bits per heavy atom. The molecule has 1 aliphatic heterocycles. The molecule has 2 unspecified atom stereocenters. The predicted octanol–water partition coefficient (Wildman–Crippen LogP) is 2.81. The zero-order chi connectivity index (χ0) is 16.6. The molecular formula is C17H25N3O3. The lowest BCUT2D eigenvalue weighted by Gasteiger charge is -2.25. The van der Waals surface area contributed by atoms with Crippen molar-refractivity contribution in [3.8, 4) is 5.88 Å². The van der Waals surface area contributed by atoms with E-state index in [1.165, 1.54) is 0 Å². The zero-order valence-corrected chi connectivity index (χ0v) is 14.3. The maximum atomic E-state index is 12.2. The molecule has 23 heavy (non-hydrogen) atoms. The summed E-state index contributed by atoms with van der Waals surface area (Å²) in [4.78, 5) is 14.0. The summed E-state index contributed by atoms with van der Waals surface area (Å²) in [6.45, 7) is 9.12. The quantitative estimate of drug-likeness (QED) is 0.838. The first-order valence-electron chi connectivity index (χ1n) is 8.25. The van der Waals surface area contributed by atoms with E-state index in [2.05, 4.69) is 10.2 Å². The number of fused-ring (bicyclic) bond motifs is 1. The van der Waals surface area contributed by atoms with Gasteiger partial charge in [0.15, 0.2) is 0 Å². The van der Waals surface area contributed by atoms with Crippen molar-refractivity contribution in [1.82, 2.24) is 15.1 Å². The number of aromatic nitrogens is 2. The van der Waals surface area contributed by atoms with Crippen molar-refractivity contribution in [2.24, 2.45) is 11.8 Å². The van der Waals surface area contributed by atoms with Gasteiger partial charge >= 0.3 is 6.09 Å². The Morgan fingerprint density at radius 1 is 1.17 bits per heavy atom. The molecule has 1 aliphatic carbocycles. The number of nitrogens with zero attached hydrogens (tertiary/aromatic N) is 3. The van der Waals surface area contributed by atoms with Crippen LogP contribution in [0.4, 0.5) is 4.79 Å². The molecule has 1 aromatic rings. The van der Waals surface area contributed by atoms with Gasteiger partial charge in [0.25, 0.3) is 0 Å². The van der Waals surface area contributed by atoms with Crippen molar-refractivity contribution >= 4 is 6.09 Å². The number of carbonyl (C=O) groups excluding carboxylic acids is 1. The summed E-state index contributed by atoms with van der Waals surface area (Å²) in [5.41, 5.74) is 0.443. The van der Waals surface area contributed by atoms with Gasteiger partial charge in [-0.05, 0) is 58.4 Å². The minimum atomic E-state index is -0.440. The second-order valence-corrected chi connectivity index (χ2v) is 7.63. The Labute approximate surface area is 137 Å². The van der Waals surface area contributed by atoms with E-state index in [4.69, 9.17) is 9.47 Å². The van der Waals surface area contributed by atoms with Gasteiger partial charge in [0.05, 0.1) is 5.69 Å². The van der Waals surface area contributed by atoms with E-state index in [-0.39, 0.29) is 12.2 Å². The van der Waals surface area contributed by atoms with Crippen LogP contribution in [0, 0.1) is 18.8 Å². The van der Waals surface area contributed by atoms with Crippen LogP contribution in [-0.2, 0) is 4.74 Å². The molecule has 1 aromatic heterocycles. The molecule has 2 fully saturated rings. The van der Waals surface area contributed by atoms with Crippen LogP contribution in [0.5, 0.6) is 5.88 Å². The van der Waals surface area contributed by atoms with Crippen LogP contribution < -0.4 is 4.74 Å². The summed E-state index contributed by atoms with van der Waals surface area (Å²) >= 11 is 0. The number of hydrogen-bond donors (Lipinski definition) is 0. The second kappa shape index (κ2) is 5.98. The van der Waals surface area contributed by atoms with Gasteiger partial charge in [0, 0.05) is 19.2 Å². The van der Waals surface area contributed by atoms with E-state index in [0.29, 0.717) is 17.7 Å². The monoisotopic (exact) mass is 319 g/mol. The van der Waals surface area contributed by atoms with Crippen LogP contribution in [0.1, 0.15) is 39.3 Å². The lowest BCUT2D eigenvalue weighted by molar-refractivity contribution is 0.0271.